The molecule has 624 valence electrons. The molecule has 0 saturated carbocycles. The number of esters is 4. The highest BCUT2D eigenvalue weighted by atomic mass is 31.2. The molecule has 105 heavy (non-hydrogen) atoms. The van der Waals surface area contributed by atoms with Gasteiger partial charge in [-0.3, -0.25) is 37.3 Å². The van der Waals surface area contributed by atoms with Crippen LogP contribution in [0.4, 0.5) is 0 Å². The minimum absolute atomic E-state index is 0.109. The van der Waals surface area contributed by atoms with Crippen LogP contribution in [0.5, 0.6) is 0 Å². The van der Waals surface area contributed by atoms with E-state index in [0.29, 0.717) is 25.7 Å². The van der Waals surface area contributed by atoms with Crippen LogP contribution in [-0.2, 0) is 65.4 Å². The molecule has 3 N–H and O–H groups in total. The summed E-state index contributed by atoms with van der Waals surface area (Å²) in [5, 5.41) is 10.7. The third-order valence-corrected chi connectivity index (χ3v) is 22.2. The second kappa shape index (κ2) is 78.7. The van der Waals surface area contributed by atoms with E-state index in [4.69, 9.17) is 37.0 Å². The van der Waals surface area contributed by atoms with Crippen LogP contribution in [0.2, 0.25) is 0 Å². The van der Waals surface area contributed by atoms with Crippen LogP contribution in [-0.4, -0.2) is 96.7 Å². The first-order valence-corrected chi connectivity index (χ1v) is 47.6. The van der Waals surface area contributed by atoms with E-state index in [1.165, 1.54) is 289 Å². The van der Waals surface area contributed by atoms with Crippen LogP contribution in [0, 0.1) is 5.92 Å². The summed E-state index contributed by atoms with van der Waals surface area (Å²) in [5.41, 5.74) is 0. The van der Waals surface area contributed by atoms with Gasteiger partial charge in [-0.25, -0.2) is 9.13 Å². The van der Waals surface area contributed by atoms with Gasteiger partial charge in [0.1, 0.15) is 19.3 Å². The molecule has 0 fully saturated rings. The molecule has 2 unspecified atom stereocenters. The highest BCUT2D eigenvalue weighted by Gasteiger charge is 2.30. The predicted molar refractivity (Wildman–Crippen MR) is 432 cm³/mol. The van der Waals surface area contributed by atoms with Crippen LogP contribution in [0.25, 0.3) is 0 Å². The Morgan fingerprint density at radius 3 is 0.648 bits per heavy atom. The van der Waals surface area contributed by atoms with Crippen LogP contribution in [0.3, 0.4) is 0 Å². The summed E-state index contributed by atoms with van der Waals surface area (Å²) in [6.45, 7) is 7.39. The Labute approximate surface area is 645 Å². The van der Waals surface area contributed by atoms with Gasteiger partial charge in [0.15, 0.2) is 12.2 Å². The van der Waals surface area contributed by atoms with Gasteiger partial charge in [0.25, 0.3) is 0 Å². The lowest BCUT2D eigenvalue weighted by atomic mass is 10.0. The van der Waals surface area contributed by atoms with Gasteiger partial charge in [-0.1, -0.05) is 413 Å². The van der Waals surface area contributed by atoms with E-state index in [1.807, 2.05) is 0 Å². The molecule has 0 spiro atoms. The van der Waals surface area contributed by atoms with Crippen molar-refractivity contribution in [2.24, 2.45) is 5.92 Å². The summed E-state index contributed by atoms with van der Waals surface area (Å²) >= 11 is 0. The van der Waals surface area contributed by atoms with E-state index >= 15 is 0 Å². The minimum Gasteiger partial charge on any atom is -0.462 e. The van der Waals surface area contributed by atoms with Crippen LogP contribution in [0.15, 0.2) is 0 Å². The highest BCUT2D eigenvalue weighted by Crippen LogP contribution is 2.45. The maximum atomic E-state index is 13.1. The number of unbranched alkanes of at least 4 members (excludes halogenated alkanes) is 58. The third kappa shape index (κ3) is 79.9. The number of ether oxygens (including phenoxy) is 4. The number of carbonyl (C=O) groups excluding carboxylic acids is 4. The average Bonchev–Trinajstić information content (AvgIpc) is 0.987. The molecule has 0 bridgehead atoms. The highest BCUT2D eigenvalue weighted by molar-refractivity contribution is 7.47. The molecule has 0 heterocycles. The van der Waals surface area contributed by atoms with Crippen molar-refractivity contribution in [2.45, 2.75) is 483 Å². The van der Waals surface area contributed by atoms with Gasteiger partial charge in [0.05, 0.1) is 26.4 Å². The van der Waals surface area contributed by atoms with Gasteiger partial charge in [-0.2, -0.15) is 0 Å². The quantitative estimate of drug-likeness (QED) is 0.0222. The number of phosphoric ester groups is 2. The van der Waals surface area contributed by atoms with Gasteiger partial charge in [-0.15, -0.1) is 0 Å². The van der Waals surface area contributed by atoms with Crippen LogP contribution >= 0.6 is 15.6 Å². The molecule has 0 aromatic rings. The summed E-state index contributed by atoms with van der Waals surface area (Å²) in [7, 11) is -9.93. The number of hydrogen-bond acceptors (Lipinski definition) is 15. The Balaban J connectivity index is 5.22. The fourth-order valence-electron chi connectivity index (χ4n) is 13.5. The molecular formula is C86H168O17P2. The smallest absolute Gasteiger partial charge is 0.462 e. The number of rotatable bonds is 86. The normalized spacial score (nSPS) is 13.8. The van der Waals surface area contributed by atoms with E-state index in [-0.39, 0.29) is 25.7 Å². The van der Waals surface area contributed by atoms with Crippen molar-refractivity contribution in [3.05, 3.63) is 0 Å². The number of phosphoric acid groups is 2. The summed E-state index contributed by atoms with van der Waals surface area (Å²) in [4.78, 5) is 73.2. The molecule has 0 aromatic carbocycles. The van der Waals surface area contributed by atoms with Crippen LogP contribution in [0.1, 0.15) is 465 Å². The number of hydrogen-bond donors (Lipinski definition) is 3. The molecule has 0 aliphatic rings. The van der Waals surface area contributed by atoms with E-state index in [1.54, 1.807) is 0 Å². The Hall–Kier alpha value is -1.94. The predicted octanol–water partition coefficient (Wildman–Crippen LogP) is 26.4. The van der Waals surface area contributed by atoms with Crippen molar-refractivity contribution in [3.8, 4) is 0 Å². The molecule has 19 heteroatoms. The number of carbonyl (C=O) groups is 4. The molecule has 0 aromatic heterocycles. The van der Waals surface area contributed by atoms with Gasteiger partial charge in [0.2, 0.25) is 0 Å². The van der Waals surface area contributed by atoms with Gasteiger partial charge in [0, 0.05) is 25.7 Å². The topological polar surface area (TPSA) is 237 Å². The fourth-order valence-corrected chi connectivity index (χ4v) is 15.1. The first-order chi connectivity index (χ1) is 51.0. The summed E-state index contributed by atoms with van der Waals surface area (Å²) in [5.74, 6) is -1.29. The minimum atomic E-state index is -4.97. The molecule has 0 amide bonds. The number of aliphatic hydroxyl groups excluding tert-OH is 1. The van der Waals surface area contributed by atoms with Gasteiger partial charge in [-0.05, 0) is 31.6 Å². The van der Waals surface area contributed by atoms with Gasteiger partial charge >= 0.3 is 39.5 Å². The summed E-state index contributed by atoms with van der Waals surface area (Å²) in [6, 6.07) is 0. The lowest BCUT2D eigenvalue weighted by Crippen LogP contribution is -2.30. The van der Waals surface area contributed by atoms with E-state index in [9.17, 15) is 43.2 Å². The lowest BCUT2D eigenvalue weighted by Gasteiger charge is -2.21. The van der Waals surface area contributed by atoms with E-state index in [0.717, 1.165) is 95.8 Å². The third-order valence-electron chi connectivity index (χ3n) is 20.3. The Kier molecular flexibility index (Phi) is 77.3. The zero-order valence-electron chi connectivity index (χ0n) is 68.9. The van der Waals surface area contributed by atoms with Crippen molar-refractivity contribution in [1.82, 2.24) is 0 Å². The first-order valence-electron chi connectivity index (χ1n) is 44.6. The monoisotopic (exact) mass is 1540 g/mol. The van der Waals surface area contributed by atoms with E-state index < -0.39 is 97.5 Å². The van der Waals surface area contributed by atoms with Crippen LogP contribution < -0.4 is 0 Å². The summed E-state index contributed by atoms with van der Waals surface area (Å²) < 4.78 is 68.9. The Morgan fingerprint density at radius 1 is 0.257 bits per heavy atom. The Bertz CT molecular complexity index is 2000. The molecule has 5 atom stereocenters. The molecule has 0 aliphatic heterocycles. The van der Waals surface area contributed by atoms with Crippen molar-refractivity contribution >= 4 is 39.5 Å². The average molecular weight is 1540 g/mol. The second-order valence-electron chi connectivity index (χ2n) is 31.4. The maximum Gasteiger partial charge on any atom is 0.472 e. The molecule has 0 rings (SSSR count). The SMILES string of the molecule is CCCCCCCCCCCCCCCCCCCCCCC(=O)O[C@H](COC(=O)CCCCCCCCCCCCCCCCCC(C)C)COP(=O)(O)OC[C@@H](O)COP(=O)(O)OC[C@@H](COC(=O)CCCCCCCCCCCC)OC(=O)CCCCCCCCCCCCCCCCCCC. The Morgan fingerprint density at radius 2 is 0.438 bits per heavy atom. The van der Waals surface area contributed by atoms with Crippen molar-refractivity contribution in [1.29, 1.82) is 0 Å². The fraction of sp³-hybridized carbons (Fsp3) is 0.953. The number of aliphatic hydroxyl groups is 1. The standard InChI is InChI=1S/C86H168O17P2/c1-6-9-12-15-18-21-24-26-28-30-31-32-34-38-43-47-52-57-62-67-72-86(91)103-82(76-97-84(89)70-65-60-55-50-45-41-39-35-36-40-44-48-53-58-63-68-79(4)5)78-101-105(94,95)99-74-80(87)73-98-104(92,93)100-77-81(75-96-83(88)69-64-59-54-49-23-20-17-14-11-8-3)102-85(90)71-66-61-56-51-46-42-37-33-29-27-25-22-19-16-13-10-7-2/h79-82,87H,6-78H2,1-5H3,(H,92,93)(H,94,95)/t80-,81+,82+/m0/s1. The molecule has 0 radical (unpaired) electrons. The zero-order valence-corrected chi connectivity index (χ0v) is 70.7. The van der Waals surface area contributed by atoms with Crippen molar-refractivity contribution in [2.75, 3.05) is 39.6 Å². The molecule has 0 saturated heterocycles. The summed E-state index contributed by atoms with van der Waals surface area (Å²) in [6.07, 6.45) is 72.2. The van der Waals surface area contributed by atoms with Crippen molar-refractivity contribution < 1.29 is 80.2 Å². The van der Waals surface area contributed by atoms with E-state index in [2.05, 4.69) is 34.6 Å². The van der Waals surface area contributed by atoms with Crippen molar-refractivity contribution in [3.63, 3.8) is 0 Å². The largest absolute Gasteiger partial charge is 0.472 e. The zero-order chi connectivity index (χ0) is 76.9. The first kappa shape index (κ1) is 103. The van der Waals surface area contributed by atoms with Gasteiger partial charge < -0.3 is 33.8 Å². The second-order valence-corrected chi connectivity index (χ2v) is 34.3. The maximum absolute atomic E-state index is 13.1. The molecule has 0 aliphatic carbocycles. The molecular weight excluding hydrogens is 1370 g/mol. The lowest BCUT2D eigenvalue weighted by molar-refractivity contribution is -0.161. The molecule has 17 nitrogen and oxygen atoms in total.